The molecule has 0 aromatic carbocycles. The van der Waals surface area contributed by atoms with E-state index in [-0.39, 0.29) is 6.61 Å². The van der Waals surface area contributed by atoms with Gasteiger partial charge in [0.05, 0.1) is 0 Å². The molecule has 3 heteroatoms. The number of hydrogen-bond acceptors (Lipinski definition) is 3. The van der Waals surface area contributed by atoms with Gasteiger partial charge in [0.25, 0.3) is 0 Å². The lowest BCUT2D eigenvalue weighted by atomic mass is 10.2. The minimum atomic E-state index is -0.0603. The monoisotopic (exact) mass is 249 g/mol. The van der Waals surface area contributed by atoms with E-state index in [9.17, 15) is 0 Å². The fourth-order valence-electron chi connectivity index (χ4n) is 2.44. The zero-order chi connectivity index (χ0) is 12.1. The average molecular weight is 249 g/mol. The second-order valence-corrected chi connectivity index (χ2v) is 5.43. The van der Waals surface area contributed by atoms with E-state index in [1.807, 2.05) is 0 Å². The van der Waals surface area contributed by atoms with Crippen LogP contribution in [0, 0.1) is 11.8 Å². The van der Waals surface area contributed by atoms with Crippen LogP contribution >= 0.6 is 11.3 Å². The Bertz CT molecular complexity index is 415. The van der Waals surface area contributed by atoms with Crippen LogP contribution in [-0.4, -0.2) is 29.2 Å². The van der Waals surface area contributed by atoms with Crippen LogP contribution in [0.15, 0.2) is 11.4 Å². The van der Waals surface area contributed by atoms with Crippen LogP contribution in [0.1, 0.15) is 36.6 Å². The summed E-state index contributed by atoms with van der Waals surface area (Å²) in [5, 5.41) is 10.7. The van der Waals surface area contributed by atoms with Crippen LogP contribution in [0.5, 0.6) is 0 Å². The lowest BCUT2D eigenvalue weighted by Crippen LogP contribution is -2.27. The van der Waals surface area contributed by atoms with E-state index in [0.29, 0.717) is 0 Å². The van der Waals surface area contributed by atoms with Crippen LogP contribution in [0.3, 0.4) is 0 Å². The molecule has 0 amide bonds. The summed E-state index contributed by atoms with van der Waals surface area (Å²) in [5.41, 5.74) is 1.03. The molecule has 2 nitrogen and oxygen atoms in total. The van der Waals surface area contributed by atoms with E-state index in [1.54, 1.807) is 11.3 Å². The number of nitrogens with zero attached hydrogens (tertiary/aromatic N) is 1. The number of aliphatic hydroxyl groups is 1. The molecule has 1 fully saturated rings. The Morgan fingerprint density at radius 3 is 3.24 bits per heavy atom. The van der Waals surface area contributed by atoms with Gasteiger partial charge in [0.15, 0.2) is 0 Å². The predicted molar refractivity (Wildman–Crippen MR) is 72.0 cm³/mol. The molecule has 2 rings (SSSR count). The third-order valence-corrected chi connectivity index (χ3v) is 4.22. The van der Waals surface area contributed by atoms with Gasteiger partial charge in [-0.15, -0.1) is 11.3 Å². The van der Waals surface area contributed by atoms with Crippen molar-refractivity contribution in [2.45, 2.75) is 38.8 Å². The fraction of sp³-hybridized carbons (Fsp3) is 0.571. The van der Waals surface area contributed by atoms with E-state index in [2.05, 4.69) is 35.1 Å². The second-order valence-electron chi connectivity index (χ2n) is 4.44. The molecule has 1 aromatic heterocycles. The van der Waals surface area contributed by atoms with Crippen molar-refractivity contribution >= 4 is 11.3 Å². The quantitative estimate of drug-likeness (QED) is 0.832. The molecule has 17 heavy (non-hydrogen) atoms. The highest BCUT2D eigenvalue weighted by Gasteiger charge is 2.22. The fourth-order valence-corrected chi connectivity index (χ4v) is 3.28. The van der Waals surface area contributed by atoms with Gasteiger partial charge in [-0.25, -0.2) is 0 Å². The smallest absolute Gasteiger partial charge is 0.104 e. The van der Waals surface area contributed by atoms with Gasteiger partial charge in [0, 0.05) is 28.4 Å². The van der Waals surface area contributed by atoms with Crippen molar-refractivity contribution in [1.82, 2.24) is 4.90 Å². The van der Waals surface area contributed by atoms with Crippen molar-refractivity contribution in [3.63, 3.8) is 0 Å². The highest BCUT2D eigenvalue weighted by atomic mass is 32.1. The number of aliphatic hydroxyl groups excluding tert-OH is 1. The molecule has 0 aliphatic carbocycles. The summed E-state index contributed by atoms with van der Waals surface area (Å²) >= 11 is 1.77. The third-order valence-electron chi connectivity index (χ3n) is 3.29. The number of thiophene rings is 1. The highest BCUT2D eigenvalue weighted by molar-refractivity contribution is 7.10. The summed E-state index contributed by atoms with van der Waals surface area (Å²) in [6.45, 7) is 4.50. The second kappa shape index (κ2) is 6.20. The van der Waals surface area contributed by atoms with E-state index < -0.39 is 0 Å². The SMILES string of the molecule is CCC1CCCN1Cc1cc(C#CCO)cs1. The van der Waals surface area contributed by atoms with Crippen molar-refractivity contribution in [2.75, 3.05) is 13.2 Å². The molecule has 1 unspecified atom stereocenters. The molecule has 92 valence electrons. The summed E-state index contributed by atoms with van der Waals surface area (Å²) in [4.78, 5) is 3.96. The first-order chi connectivity index (χ1) is 8.33. The highest BCUT2D eigenvalue weighted by Crippen LogP contribution is 2.24. The zero-order valence-electron chi connectivity index (χ0n) is 10.3. The zero-order valence-corrected chi connectivity index (χ0v) is 11.1. The maximum Gasteiger partial charge on any atom is 0.104 e. The third kappa shape index (κ3) is 3.32. The van der Waals surface area contributed by atoms with E-state index in [4.69, 9.17) is 5.11 Å². The van der Waals surface area contributed by atoms with Crippen molar-refractivity contribution in [3.05, 3.63) is 21.9 Å². The Morgan fingerprint density at radius 2 is 2.47 bits per heavy atom. The summed E-state index contributed by atoms with van der Waals surface area (Å²) < 4.78 is 0. The summed E-state index contributed by atoms with van der Waals surface area (Å²) in [5.74, 6) is 5.65. The molecule has 0 spiro atoms. The molecule has 0 radical (unpaired) electrons. The van der Waals surface area contributed by atoms with Gasteiger partial charge in [0.1, 0.15) is 6.61 Å². The molecule has 0 bridgehead atoms. The Hall–Kier alpha value is -0.820. The van der Waals surface area contributed by atoms with Crippen LogP contribution in [0.4, 0.5) is 0 Å². The molecule has 1 N–H and O–H groups in total. The van der Waals surface area contributed by atoms with Gasteiger partial charge in [-0.1, -0.05) is 18.8 Å². The van der Waals surface area contributed by atoms with Gasteiger partial charge in [-0.05, 0) is 31.9 Å². The number of likely N-dealkylation sites (tertiary alicyclic amines) is 1. The predicted octanol–water partition coefficient (Wildman–Crippen LogP) is 2.47. The summed E-state index contributed by atoms with van der Waals surface area (Å²) in [6.07, 6.45) is 3.93. The van der Waals surface area contributed by atoms with Gasteiger partial charge in [0.2, 0.25) is 0 Å². The van der Waals surface area contributed by atoms with Gasteiger partial charge in [-0.2, -0.15) is 0 Å². The number of rotatable bonds is 3. The van der Waals surface area contributed by atoms with E-state index in [1.165, 1.54) is 30.7 Å². The molecule has 0 saturated carbocycles. The maximum atomic E-state index is 8.65. The van der Waals surface area contributed by atoms with Crippen molar-refractivity contribution in [3.8, 4) is 11.8 Å². The standard InChI is InChI=1S/C14H19NOS/c1-2-13-6-3-7-15(13)10-14-9-12(11-17-14)5-4-8-16/h9,11,13,16H,2-3,6-8,10H2,1H3. The Labute approximate surface area is 107 Å². The topological polar surface area (TPSA) is 23.5 Å². The van der Waals surface area contributed by atoms with Crippen molar-refractivity contribution in [2.24, 2.45) is 0 Å². The molecular formula is C14H19NOS. The summed E-state index contributed by atoms with van der Waals surface area (Å²) in [6, 6.07) is 2.92. The van der Waals surface area contributed by atoms with Crippen molar-refractivity contribution in [1.29, 1.82) is 0 Å². The first-order valence-electron chi connectivity index (χ1n) is 6.24. The van der Waals surface area contributed by atoms with E-state index >= 15 is 0 Å². The number of hydrogen-bond donors (Lipinski definition) is 1. The van der Waals surface area contributed by atoms with Crippen LogP contribution < -0.4 is 0 Å². The lowest BCUT2D eigenvalue weighted by molar-refractivity contribution is 0.242. The first kappa shape index (κ1) is 12.6. The minimum absolute atomic E-state index is 0.0603. The van der Waals surface area contributed by atoms with E-state index in [0.717, 1.165) is 18.2 Å². The van der Waals surface area contributed by atoms with Crippen molar-refractivity contribution < 1.29 is 5.11 Å². The molecular weight excluding hydrogens is 230 g/mol. The normalized spacial score (nSPS) is 20.2. The molecule has 1 aliphatic rings. The van der Waals surface area contributed by atoms with Gasteiger partial charge < -0.3 is 5.11 Å². The first-order valence-corrected chi connectivity index (χ1v) is 7.12. The Balaban J connectivity index is 1.96. The van der Waals surface area contributed by atoms with Crippen LogP contribution in [-0.2, 0) is 6.54 Å². The maximum absolute atomic E-state index is 8.65. The summed E-state index contributed by atoms with van der Waals surface area (Å²) in [7, 11) is 0. The molecule has 1 aliphatic heterocycles. The van der Waals surface area contributed by atoms with Crippen LogP contribution in [0.2, 0.25) is 0 Å². The lowest BCUT2D eigenvalue weighted by Gasteiger charge is -2.22. The minimum Gasteiger partial charge on any atom is -0.384 e. The molecule has 2 heterocycles. The van der Waals surface area contributed by atoms with Crippen LogP contribution in [0.25, 0.3) is 0 Å². The Kier molecular flexibility index (Phi) is 4.61. The Morgan fingerprint density at radius 1 is 1.59 bits per heavy atom. The molecule has 1 atom stereocenters. The molecule has 1 aromatic rings. The molecule has 1 saturated heterocycles. The van der Waals surface area contributed by atoms with Gasteiger partial charge >= 0.3 is 0 Å². The average Bonchev–Trinajstić information content (AvgIpc) is 2.96. The van der Waals surface area contributed by atoms with Gasteiger partial charge in [-0.3, -0.25) is 4.90 Å². The largest absolute Gasteiger partial charge is 0.384 e.